The van der Waals surface area contributed by atoms with Crippen molar-refractivity contribution in [1.82, 2.24) is 4.90 Å². The molecule has 3 heteroatoms. The van der Waals surface area contributed by atoms with E-state index in [9.17, 15) is 10.2 Å². The van der Waals surface area contributed by atoms with Gasteiger partial charge in [-0.25, -0.2) is 0 Å². The molecule has 1 fully saturated rings. The maximum Gasteiger partial charge on any atom is 0.115 e. The first-order chi connectivity index (χ1) is 8.92. The molecule has 0 spiro atoms. The first-order valence-corrected chi connectivity index (χ1v) is 7.09. The highest BCUT2D eigenvalue weighted by molar-refractivity contribution is 5.30. The van der Waals surface area contributed by atoms with E-state index in [0.717, 1.165) is 24.8 Å². The fourth-order valence-corrected chi connectivity index (χ4v) is 3.44. The van der Waals surface area contributed by atoms with Crippen molar-refractivity contribution in [2.75, 3.05) is 14.1 Å². The first kappa shape index (κ1) is 14.4. The summed E-state index contributed by atoms with van der Waals surface area (Å²) in [5.74, 6) is 0.498. The third kappa shape index (κ3) is 3.10. The summed E-state index contributed by atoms with van der Waals surface area (Å²) in [5.41, 5.74) is 0.454. The maximum atomic E-state index is 10.7. The van der Waals surface area contributed by atoms with Crippen molar-refractivity contribution >= 4 is 0 Å². The van der Waals surface area contributed by atoms with Crippen LogP contribution in [0.25, 0.3) is 0 Å². The zero-order valence-corrected chi connectivity index (χ0v) is 12.1. The smallest absolute Gasteiger partial charge is 0.115 e. The van der Waals surface area contributed by atoms with Gasteiger partial charge in [-0.15, -0.1) is 0 Å². The van der Waals surface area contributed by atoms with Crippen LogP contribution in [0.1, 0.15) is 44.2 Å². The van der Waals surface area contributed by atoms with Crippen LogP contribution >= 0.6 is 0 Å². The van der Waals surface area contributed by atoms with Gasteiger partial charge < -0.3 is 15.1 Å². The van der Waals surface area contributed by atoms with Crippen molar-refractivity contribution in [2.45, 2.75) is 44.2 Å². The van der Waals surface area contributed by atoms with Crippen LogP contribution in [-0.2, 0) is 0 Å². The summed E-state index contributed by atoms with van der Waals surface area (Å²) in [6.45, 7) is 1.95. The highest BCUT2D eigenvalue weighted by atomic mass is 16.3. The summed E-state index contributed by atoms with van der Waals surface area (Å²) >= 11 is 0. The molecule has 106 valence electrons. The molecule has 1 aromatic rings. The van der Waals surface area contributed by atoms with Crippen LogP contribution in [0.3, 0.4) is 0 Å². The Balaban J connectivity index is 2.34. The van der Waals surface area contributed by atoms with Crippen LogP contribution in [0.15, 0.2) is 24.3 Å². The quantitative estimate of drug-likeness (QED) is 0.881. The van der Waals surface area contributed by atoms with Gasteiger partial charge in [-0.2, -0.15) is 0 Å². The Labute approximate surface area is 115 Å². The number of aliphatic hydroxyl groups is 1. The summed E-state index contributed by atoms with van der Waals surface area (Å²) < 4.78 is 0. The van der Waals surface area contributed by atoms with Crippen LogP contribution in [0, 0.1) is 5.92 Å². The molecule has 1 saturated carbocycles. The van der Waals surface area contributed by atoms with E-state index < -0.39 is 5.60 Å². The summed E-state index contributed by atoms with van der Waals surface area (Å²) in [7, 11) is 4.08. The zero-order valence-electron chi connectivity index (χ0n) is 12.1. The molecule has 2 rings (SSSR count). The van der Waals surface area contributed by atoms with Gasteiger partial charge in [0.1, 0.15) is 5.75 Å². The topological polar surface area (TPSA) is 43.7 Å². The van der Waals surface area contributed by atoms with Crippen molar-refractivity contribution < 1.29 is 10.2 Å². The fraction of sp³-hybridized carbons (Fsp3) is 0.625. The number of hydrogen-bond donors (Lipinski definition) is 2. The van der Waals surface area contributed by atoms with Crippen molar-refractivity contribution in [2.24, 2.45) is 5.92 Å². The van der Waals surface area contributed by atoms with E-state index in [1.165, 1.54) is 6.42 Å². The Morgan fingerprint density at radius 1 is 1.32 bits per heavy atom. The number of phenolic OH excluding ortho intramolecular Hbond substituents is 1. The Kier molecular flexibility index (Phi) is 4.16. The van der Waals surface area contributed by atoms with Crippen molar-refractivity contribution in [3.63, 3.8) is 0 Å². The van der Waals surface area contributed by atoms with E-state index in [1.54, 1.807) is 6.07 Å². The number of aromatic hydroxyl groups is 1. The number of phenols is 1. The second-order valence-corrected chi connectivity index (χ2v) is 6.21. The second-order valence-electron chi connectivity index (χ2n) is 6.21. The number of hydrogen-bond acceptors (Lipinski definition) is 3. The van der Waals surface area contributed by atoms with Gasteiger partial charge in [0, 0.05) is 12.0 Å². The highest BCUT2D eigenvalue weighted by Gasteiger charge is 2.40. The van der Waals surface area contributed by atoms with Crippen LogP contribution in [0.5, 0.6) is 5.75 Å². The summed E-state index contributed by atoms with van der Waals surface area (Å²) in [6.07, 6.45) is 4.17. The Morgan fingerprint density at radius 2 is 2.05 bits per heavy atom. The molecule has 0 aliphatic heterocycles. The average molecular weight is 263 g/mol. The van der Waals surface area contributed by atoms with E-state index in [1.807, 2.05) is 39.2 Å². The summed E-state index contributed by atoms with van der Waals surface area (Å²) in [6, 6.07) is 7.56. The van der Waals surface area contributed by atoms with Gasteiger partial charge in [-0.05, 0) is 51.6 Å². The van der Waals surface area contributed by atoms with Gasteiger partial charge in [0.2, 0.25) is 0 Å². The number of benzene rings is 1. The maximum absolute atomic E-state index is 10.7. The van der Waals surface area contributed by atoms with E-state index >= 15 is 0 Å². The third-order valence-electron chi connectivity index (χ3n) is 4.40. The monoisotopic (exact) mass is 263 g/mol. The molecule has 1 aromatic carbocycles. The number of rotatable bonds is 3. The van der Waals surface area contributed by atoms with Crippen molar-refractivity contribution in [3.8, 4) is 5.75 Å². The highest BCUT2D eigenvalue weighted by Crippen LogP contribution is 2.43. The molecule has 3 nitrogen and oxygen atoms in total. The minimum absolute atomic E-state index is 0.141. The van der Waals surface area contributed by atoms with E-state index in [-0.39, 0.29) is 12.0 Å². The van der Waals surface area contributed by atoms with Gasteiger partial charge in [0.05, 0.1) is 5.60 Å². The van der Waals surface area contributed by atoms with E-state index in [4.69, 9.17) is 0 Å². The second kappa shape index (κ2) is 5.51. The fourth-order valence-electron chi connectivity index (χ4n) is 3.44. The number of nitrogens with zero attached hydrogens (tertiary/aromatic N) is 1. The van der Waals surface area contributed by atoms with Gasteiger partial charge in [0.15, 0.2) is 0 Å². The van der Waals surface area contributed by atoms with Crippen LogP contribution < -0.4 is 0 Å². The lowest BCUT2D eigenvalue weighted by Gasteiger charge is -2.44. The molecule has 0 aromatic heterocycles. The lowest BCUT2D eigenvalue weighted by molar-refractivity contribution is -0.0631. The summed E-state index contributed by atoms with van der Waals surface area (Å²) in [5, 5.41) is 20.4. The molecule has 0 saturated heterocycles. The van der Waals surface area contributed by atoms with Gasteiger partial charge in [0.25, 0.3) is 0 Å². The van der Waals surface area contributed by atoms with Crippen LogP contribution in [0.4, 0.5) is 0 Å². The van der Waals surface area contributed by atoms with Crippen LogP contribution in [0.2, 0.25) is 0 Å². The Morgan fingerprint density at radius 3 is 2.63 bits per heavy atom. The van der Waals surface area contributed by atoms with E-state index in [0.29, 0.717) is 5.75 Å². The lowest BCUT2D eigenvalue weighted by atomic mass is 9.71. The SMILES string of the molecule is CN(C)C(c1cccc(O)c1)[C@H]1CCCC[C@]1(C)O. The Hall–Kier alpha value is -1.06. The van der Waals surface area contributed by atoms with Crippen LogP contribution in [-0.4, -0.2) is 34.8 Å². The molecule has 0 bridgehead atoms. The molecule has 19 heavy (non-hydrogen) atoms. The van der Waals surface area contributed by atoms with Gasteiger partial charge in [-0.3, -0.25) is 0 Å². The molecule has 3 atom stereocenters. The molecule has 0 heterocycles. The lowest BCUT2D eigenvalue weighted by Crippen LogP contribution is -2.44. The molecular formula is C16H25NO2. The third-order valence-corrected chi connectivity index (χ3v) is 4.40. The van der Waals surface area contributed by atoms with E-state index in [2.05, 4.69) is 4.90 Å². The standard InChI is InChI=1S/C16H25NO2/c1-16(19)10-5-4-9-14(16)15(17(2)3)12-7-6-8-13(18)11-12/h6-8,11,14-15,18-19H,4-5,9-10H2,1-3H3/t14-,15?,16+/m1/s1. The molecule has 0 radical (unpaired) electrons. The predicted molar refractivity (Wildman–Crippen MR) is 77.1 cm³/mol. The minimum atomic E-state index is -0.626. The largest absolute Gasteiger partial charge is 0.508 e. The molecule has 2 N–H and O–H groups in total. The van der Waals surface area contributed by atoms with Crippen molar-refractivity contribution in [1.29, 1.82) is 0 Å². The molecule has 1 aliphatic rings. The summed E-state index contributed by atoms with van der Waals surface area (Å²) in [4.78, 5) is 2.15. The zero-order chi connectivity index (χ0) is 14.0. The van der Waals surface area contributed by atoms with Gasteiger partial charge in [-0.1, -0.05) is 25.0 Å². The molecule has 1 aliphatic carbocycles. The normalized spacial score (nSPS) is 29.4. The molecular weight excluding hydrogens is 238 g/mol. The van der Waals surface area contributed by atoms with Crippen molar-refractivity contribution in [3.05, 3.63) is 29.8 Å². The molecule has 1 unspecified atom stereocenters. The van der Waals surface area contributed by atoms with Gasteiger partial charge >= 0.3 is 0 Å². The average Bonchev–Trinajstić information content (AvgIpc) is 2.31. The predicted octanol–water partition coefficient (Wildman–Crippen LogP) is 2.94. The minimum Gasteiger partial charge on any atom is -0.508 e. The first-order valence-electron chi connectivity index (χ1n) is 7.09. The Bertz CT molecular complexity index is 429. The molecule has 0 amide bonds.